The Morgan fingerprint density at radius 1 is 1.35 bits per heavy atom. The van der Waals surface area contributed by atoms with Crippen molar-refractivity contribution < 1.29 is 14.4 Å². The van der Waals surface area contributed by atoms with Gasteiger partial charge in [0.2, 0.25) is 0 Å². The highest BCUT2D eigenvalue weighted by atomic mass is 16.5. The first-order valence-corrected chi connectivity index (χ1v) is 7.27. The molecule has 1 aliphatic rings. The maximum Gasteiger partial charge on any atom is 0.251 e. The van der Waals surface area contributed by atoms with Crippen molar-refractivity contribution in [2.45, 2.75) is 26.3 Å². The molecule has 4 nitrogen and oxygen atoms in total. The average Bonchev–Trinajstić information content (AvgIpc) is 2.46. The summed E-state index contributed by atoms with van der Waals surface area (Å²) in [6.07, 6.45) is 0. The lowest BCUT2D eigenvalue weighted by Gasteiger charge is -2.37. The Labute approximate surface area is 121 Å². The number of morpholine rings is 1. The van der Waals surface area contributed by atoms with Crippen LogP contribution in [0.1, 0.15) is 29.8 Å². The van der Waals surface area contributed by atoms with Gasteiger partial charge >= 0.3 is 0 Å². The maximum absolute atomic E-state index is 12.2. The number of amides is 1. The molecule has 20 heavy (non-hydrogen) atoms. The Balaban J connectivity index is 1.91. The van der Waals surface area contributed by atoms with Crippen LogP contribution >= 0.6 is 0 Å². The van der Waals surface area contributed by atoms with E-state index in [1.165, 1.54) is 4.90 Å². The van der Waals surface area contributed by atoms with Gasteiger partial charge in [-0.15, -0.1) is 0 Å². The summed E-state index contributed by atoms with van der Waals surface area (Å²) in [5.41, 5.74) is 1.87. The molecule has 0 unspecified atom stereocenters. The average molecular weight is 277 g/mol. The van der Waals surface area contributed by atoms with Crippen molar-refractivity contribution in [1.29, 1.82) is 0 Å². The fraction of sp³-hybridized carbons (Fsp3) is 0.562. The van der Waals surface area contributed by atoms with E-state index in [2.05, 4.69) is 19.2 Å². The quantitative estimate of drug-likeness (QED) is 0.837. The number of hydrogen-bond acceptors (Lipinski definition) is 2. The molecular weight excluding hydrogens is 252 g/mol. The van der Waals surface area contributed by atoms with Crippen molar-refractivity contribution in [2.75, 3.05) is 32.8 Å². The Kier molecular flexibility index (Phi) is 4.78. The molecule has 110 valence electrons. The minimum Gasteiger partial charge on any atom is -0.370 e. The molecule has 1 aromatic carbocycles. The zero-order chi connectivity index (χ0) is 14.6. The fourth-order valence-electron chi connectivity index (χ4n) is 2.61. The summed E-state index contributed by atoms with van der Waals surface area (Å²) in [6, 6.07) is 7.70. The predicted octanol–water partition coefficient (Wildman–Crippen LogP) is 0.419. The van der Waals surface area contributed by atoms with Gasteiger partial charge in [0.25, 0.3) is 5.91 Å². The lowest BCUT2D eigenvalue weighted by atomic mass is 10.0. The van der Waals surface area contributed by atoms with E-state index < -0.39 is 0 Å². The number of rotatable bonds is 4. The van der Waals surface area contributed by atoms with Gasteiger partial charge in [-0.3, -0.25) is 4.79 Å². The summed E-state index contributed by atoms with van der Waals surface area (Å²) in [5.74, 6) is 0.00874. The molecule has 2 N–H and O–H groups in total. The van der Waals surface area contributed by atoms with Gasteiger partial charge in [-0.25, -0.2) is 0 Å². The van der Waals surface area contributed by atoms with Crippen LogP contribution in [0.3, 0.4) is 0 Å². The number of nitrogens with one attached hydrogen (secondary N) is 2. The van der Waals surface area contributed by atoms with Gasteiger partial charge in [0.1, 0.15) is 18.6 Å². The summed E-state index contributed by atoms with van der Waals surface area (Å²) >= 11 is 0. The normalized spacial score (nSPS) is 16.9. The zero-order valence-electron chi connectivity index (χ0n) is 12.7. The summed E-state index contributed by atoms with van der Waals surface area (Å²) in [6.45, 7) is 10.7. The van der Waals surface area contributed by atoms with Crippen molar-refractivity contribution in [2.24, 2.45) is 0 Å². The number of carbonyl (C=O) groups is 1. The summed E-state index contributed by atoms with van der Waals surface area (Å²) in [5, 5.41) is 3.06. The topological polar surface area (TPSA) is 42.8 Å². The van der Waals surface area contributed by atoms with E-state index in [0.29, 0.717) is 6.54 Å². The van der Waals surface area contributed by atoms with Crippen molar-refractivity contribution in [3.8, 4) is 0 Å². The number of aryl methyl sites for hydroxylation is 1. The molecule has 0 atom stereocenters. The zero-order valence-corrected chi connectivity index (χ0v) is 12.7. The Morgan fingerprint density at radius 3 is 2.70 bits per heavy atom. The first-order valence-electron chi connectivity index (χ1n) is 7.27. The standard InChI is InChI=1S/C16H24N2O2/c1-13-5-4-6-14(11-13)15(19)17-12-16(2,3)18-7-9-20-10-8-18/h4-6,11H,7-10,12H2,1-3H3,(H,17,19)/p+1. The van der Waals surface area contributed by atoms with E-state index >= 15 is 0 Å². The van der Waals surface area contributed by atoms with Crippen LogP contribution in [0.5, 0.6) is 0 Å². The number of hydrogen-bond donors (Lipinski definition) is 2. The van der Waals surface area contributed by atoms with Gasteiger partial charge in [0.15, 0.2) is 0 Å². The summed E-state index contributed by atoms with van der Waals surface area (Å²) < 4.78 is 5.39. The highest BCUT2D eigenvalue weighted by Gasteiger charge is 2.32. The third-order valence-corrected chi connectivity index (χ3v) is 4.02. The van der Waals surface area contributed by atoms with Gasteiger partial charge in [-0.2, -0.15) is 0 Å². The lowest BCUT2D eigenvalue weighted by molar-refractivity contribution is -0.954. The Morgan fingerprint density at radius 2 is 2.05 bits per heavy atom. The van der Waals surface area contributed by atoms with E-state index in [0.717, 1.165) is 37.4 Å². The van der Waals surface area contributed by atoms with Gasteiger partial charge < -0.3 is 15.0 Å². The molecule has 0 aliphatic carbocycles. The first kappa shape index (κ1) is 15.0. The van der Waals surface area contributed by atoms with Crippen LogP contribution in [0.15, 0.2) is 24.3 Å². The number of carbonyl (C=O) groups excluding carboxylic acids is 1. The third kappa shape index (κ3) is 3.81. The molecule has 1 heterocycles. The van der Waals surface area contributed by atoms with E-state index in [9.17, 15) is 4.79 Å². The molecule has 2 rings (SSSR count). The minimum atomic E-state index is 0.00874. The highest BCUT2D eigenvalue weighted by molar-refractivity contribution is 5.94. The summed E-state index contributed by atoms with van der Waals surface area (Å²) in [7, 11) is 0. The predicted molar refractivity (Wildman–Crippen MR) is 79.1 cm³/mol. The molecule has 1 saturated heterocycles. The van der Waals surface area contributed by atoms with E-state index in [-0.39, 0.29) is 11.4 Å². The van der Waals surface area contributed by atoms with Crippen LogP contribution in [0.2, 0.25) is 0 Å². The van der Waals surface area contributed by atoms with Crippen molar-refractivity contribution in [1.82, 2.24) is 5.32 Å². The molecular formula is C16H25N2O2+. The monoisotopic (exact) mass is 277 g/mol. The minimum absolute atomic E-state index is 0.00874. The van der Waals surface area contributed by atoms with Gasteiger partial charge in [0, 0.05) is 5.56 Å². The number of ether oxygens (including phenoxy) is 1. The number of benzene rings is 1. The molecule has 4 heteroatoms. The van der Waals surface area contributed by atoms with E-state index in [1.54, 1.807) is 0 Å². The third-order valence-electron chi connectivity index (χ3n) is 4.02. The Hall–Kier alpha value is -1.39. The van der Waals surface area contributed by atoms with Gasteiger partial charge in [0.05, 0.1) is 19.8 Å². The van der Waals surface area contributed by atoms with Crippen LogP contribution in [0.25, 0.3) is 0 Å². The smallest absolute Gasteiger partial charge is 0.251 e. The van der Waals surface area contributed by atoms with E-state index in [1.807, 2.05) is 31.2 Å². The van der Waals surface area contributed by atoms with Crippen molar-refractivity contribution in [3.63, 3.8) is 0 Å². The molecule has 1 aliphatic heterocycles. The SMILES string of the molecule is Cc1cccc(C(=O)NCC(C)(C)[NH+]2CCOCC2)c1. The molecule has 1 aromatic rings. The van der Waals surface area contributed by atoms with Crippen LogP contribution in [0.4, 0.5) is 0 Å². The van der Waals surface area contributed by atoms with Gasteiger partial charge in [-0.1, -0.05) is 17.7 Å². The van der Waals surface area contributed by atoms with Crippen LogP contribution in [0, 0.1) is 6.92 Å². The summed E-state index contributed by atoms with van der Waals surface area (Å²) in [4.78, 5) is 13.7. The second kappa shape index (κ2) is 6.37. The van der Waals surface area contributed by atoms with Crippen LogP contribution in [-0.2, 0) is 4.74 Å². The molecule has 0 saturated carbocycles. The van der Waals surface area contributed by atoms with Crippen LogP contribution < -0.4 is 10.2 Å². The van der Waals surface area contributed by atoms with E-state index in [4.69, 9.17) is 4.74 Å². The lowest BCUT2D eigenvalue weighted by Crippen LogP contribution is -3.22. The van der Waals surface area contributed by atoms with Crippen molar-refractivity contribution >= 4 is 5.91 Å². The van der Waals surface area contributed by atoms with Gasteiger partial charge in [-0.05, 0) is 32.9 Å². The molecule has 0 radical (unpaired) electrons. The molecule has 0 aromatic heterocycles. The molecule has 0 spiro atoms. The Bertz CT molecular complexity index is 465. The molecule has 0 bridgehead atoms. The first-order chi connectivity index (χ1) is 9.49. The molecule has 1 amide bonds. The largest absolute Gasteiger partial charge is 0.370 e. The number of quaternary nitrogens is 1. The maximum atomic E-state index is 12.2. The second-order valence-electron chi connectivity index (χ2n) is 6.15. The highest BCUT2D eigenvalue weighted by Crippen LogP contribution is 2.04. The fourth-order valence-corrected chi connectivity index (χ4v) is 2.61. The van der Waals surface area contributed by atoms with Crippen LogP contribution in [-0.4, -0.2) is 44.3 Å². The van der Waals surface area contributed by atoms with Crippen molar-refractivity contribution in [3.05, 3.63) is 35.4 Å². The second-order valence-corrected chi connectivity index (χ2v) is 6.15. The molecule has 1 fully saturated rings.